The summed E-state index contributed by atoms with van der Waals surface area (Å²) in [5.41, 5.74) is 1.03. The van der Waals surface area contributed by atoms with Crippen LogP contribution in [0.4, 0.5) is 0 Å². The number of hydrogen-bond acceptors (Lipinski definition) is 6. The number of aryl methyl sites for hydroxylation is 1. The van der Waals surface area contributed by atoms with Gasteiger partial charge in [-0.05, 0) is 24.6 Å². The molecule has 0 bridgehead atoms. The lowest BCUT2D eigenvalue weighted by molar-refractivity contribution is 0.0515. The van der Waals surface area contributed by atoms with Gasteiger partial charge in [-0.1, -0.05) is 6.07 Å². The largest absolute Gasteiger partial charge is 0.461 e. The van der Waals surface area contributed by atoms with Crippen molar-refractivity contribution in [1.29, 1.82) is 0 Å². The van der Waals surface area contributed by atoms with Gasteiger partial charge in [0.2, 0.25) is 10.0 Å². The number of aromatic nitrogens is 2. The van der Waals surface area contributed by atoms with E-state index in [1.165, 1.54) is 21.1 Å². The molecule has 2 aromatic heterocycles. The molecule has 1 saturated heterocycles. The number of sulfonamides is 1. The number of nitrogens with zero attached hydrogens (tertiary/aromatic N) is 3. The van der Waals surface area contributed by atoms with Gasteiger partial charge in [0.15, 0.2) is 0 Å². The number of ether oxygens (including phenoxy) is 1. The first kappa shape index (κ1) is 18.6. The monoisotopic (exact) mass is 378 g/mol. The summed E-state index contributed by atoms with van der Waals surface area (Å²) in [7, 11) is -2.15. The van der Waals surface area contributed by atoms with Gasteiger partial charge in [0, 0.05) is 45.3 Å². The average Bonchev–Trinajstić information content (AvgIpc) is 3.05. The van der Waals surface area contributed by atoms with Gasteiger partial charge in [0.1, 0.15) is 10.6 Å². The minimum atomic E-state index is -3.77. The second kappa shape index (κ2) is 7.56. The Balaban J connectivity index is 1.96. The molecule has 0 spiro atoms. The Labute approximate surface area is 152 Å². The molecule has 8 nitrogen and oxygen atoms in total. The standard InChI is InChI=1S/C17H22N4O4S/c1-3-25-17(22)15-9-14(12-20(15)2)26(23,24)21-8-7-19-11-16(21)13-5-4-6-18-10-13/h4-6,9-10,12,16,19H,3,7-8,11H2,1-2H3. The van der Waals surface area contributed by atoms with Crippen LogP contribution in [0.15, 0.2) is 41.7 Å². The highest BCUT2D eigenvalue weighted by Gasteiger charge is 2.35. The van der Waals surface area contributed by atoms with E-state index in [4.69, 9.17) is 4.74 Å². The van der Waals surface area contributed by atoms with E-state index in [2.05, 4.69) is 10.3 Å². The van der Waals surface area contributed by atoms with Gasteiger partial charge in [-0.3, -0.25) is 4.98 Å². The summed E-state index contributed by atoms with van der Waals surface area (Å²) < 4.78 is 34.4. The van der Waals surface area contributed by atoms with Gasteiger partial charge in [-0.2, -0.15) is 4.31 Å². The average molecular weight is 378 g/mol. The van der Waals surface area contributed by atoms with Crippen molar-refractivity contribution >= 4 is 16.0 Å². The van der Waals surface area contributed by atoms with E-state index in [9.17, 15) is 13.2 Å². The molecule has 0 saturated carbocycles. The molecule has 1 fully saturated rings. The minimum Gasteiger partial charge on any atom is -0.461 e. The molecule has 3 rings (SSSR count). The van der Waals surface area contributed by atoms with Gasteiger partial charge in [0.25, 0.3) is 0 Å². The number of piperazine rings is 1. The predicted octanol–water partition coefficient (Wildman–Crippen LogP) is 0.932. The summed E-state index contributed by atoms with van der Waals surface area (Å²) >= 11 is 0. The van der Waals surface area contributed by atoms with E-state index in [1.54, 1.807) is 32.4 Å². The molecule has 1 aliphatic rings. The highest BCUT2D eigenvalue weighted by molar-refractivity contribution is 7.89. The van der Waals surface area contributed by atoms with Crippen LogP contribution in [0.2, 0.25) is 0 Å². The number of hydrogen-bond donors (Lipinski definition) is 1. The summed E-state index contributed by atoms with van der Waals surface area (Å²) in [5.74, 6) is -0.541. The summed E-state index contributed by atoms with van der Waals surface area (Å²) in [6.45, 7) is 3.34. The van der Waals surface area contributed by atoms with Gasteiger partial charge in [0.05, 0.1) is 12.6 Å². The normalized spacial score (nSPS) is 18.6. The Morgan fingerprint density at radius 1 is 1.46 bits per heavy atom. The topological polar surface area (TPSA) is 93.5 Å². The van der Waals surface area contributed by atoms with Crippen LogP contribution in [0.1, 0.15) is 29.0 Å². The van der Waals surface area contributed by atoms with Crippen molar-refractivity contribution in [3.05, 3.63) is 48.0 Å². The van der Waals surface area contributed by atoms with E-state index in [0.717, 1.165) is 5.56 Å². The molecule has 26 heavy (non-hydrogen) atoms. The zero-order valence-electron chi connectivity index (χ0n) is 14.8. The number of rotatable bonds is 5. The zero-order valence-corrected chi connectivity index (χ0v) is 15.6. The second-order valence-corrected chi connectivity index (χ2v) is 7.91. The van der Waals surface area contributed by atoms with Crippen molar-refractivity contribution in [2.45, 2.75) is 17.9 Å². The lowest BCUT2D eigenvalue weighted by atomic mass is 10.1. The van der Waals surface area contributed by atoms with Crippen molar-refractivity contribution in [3.63, 3.8) is 0 Å². The van der Waals surface area contributed by atoms with E-state index >= 15 is 0 Å². The molecule has 140 valence electrons. The number of pyridine rings is 1. The molecule has 2 aromatic rings. The summed E-state index contributed by atoms with van der Waals surface area (Å²) in [4.78, 5) is 16.2. The molecule has 3 heterocycles. The Bertz CT molecular complexity index is 879. The Morgan fingerprint density at radius 2 is 2.27 bits per heavy atom. The summed E-state index contributed by atoms with van der Waals surface area (Å²) in [6, 6.07) is 4.67. The Hall–Kier alpha value is -2.23. The molecule has 1 atom stereocenters. The third-order valence-electron chi connectivity index (χ3n) is 4.33. The van der Waals surface area contributed by atoms with Crippen LogP contribution < -0.4 is 5.32 Å². The quantitative estimate of drug-likeness (QED) is 0.778. The van der Waals surface area contributed by atoms with Crippen molar-refractivity contribution in [1.82, 2.24) is 19.2 Å². The Kier molecular flexibility index (Phi) is 5.40. The zero-order chi connectivity index (χ0) is 18.7. The summed E-state index contributed by atoms with van der Waals surface area (Å²) in [5, 5.41) is 3.23. The molecular weight excluding hydrogens is 356 g/mol. The fourth-order valence-corrected chi connectivity index (χ4v) is 4.73. The molecule has 0 aromatic carbocycles. The van der Waals surface area contributed by atoms with Crippen molar-refractivity contribution in [3.8, 4) is 0 Å². The lowest BCUT2D eigenvalue weighted by Gasteiger charge is -2.35. The van der Waals surface area contributed by atoms with Gasteiger partial charge in [-0.25, -0.2) is 13.2 Å². The molecule has 0 aliphatic carbocycles. The Morgan fingerprint density at radius 3 is 2.96 bits per heavy atom. The predicted molar refractivity (Wildman–Crippen MR) is 95.1 cm³/mol. The van der Waals surface area contributed by atoms with Crippen LogP contribution >= 0.6 is 0 Å². The highest BCUT2D eigenvalue weighted by Crippen LogP contribution is 2.29. The molecule has 1 aliphatic heterocycles. The lowest BCUT2D eigenvalue weighted by Crippen LogP contribution is -2.48. The SMILES string of the molecule is CCOC(=O)c1cc(S(=O)(=O)N2CCNCC2c2cccnc2)cn1C. The maximum absolute atomic E-state index is 13.2. The number of nitrogens with one attached hydrogen (secondary N) is 1. The molecule has 9 heteroatoms. The third-order valence-corrected chi connectivity index (χ3v) is 6.21. The first-order valence-corrected chi connectivity index (χ1v) is 9.85. The van der Waals surface area contributed by atoms with Crippen LogP contribution in [0.3, 0.4) is 0 Å². The fourth-order valence-electron chi connectivity index (χ4n) is 3.05. The molecule has 0 radical (unpaired) electrons. The number of carbonyl (C=O) groups is 1. The van der Waals surface area contributed by atoms with Crippen molar-refractivity contribution < 1.29 is 17.9 Å². The van der Waals surface area contributed by atoms with Crippen molar-refractivity contribution in [2.75, 3.05) is 26.2 Å². The molecule has 1 unspecified atom stereocenters. The first-order chi connectivity index (χ1) is 12.4. The maximum atomic E-state index is 13.2. The van der Waals surface area contributed by atoms with Crippen LogP contribution in [-0.2, 0) is 21.8 Å². The van der Waals surface area contributed by atoms with E-state index in [1.807, 2.05) is 6.07 Å². The number of esters is 1. The smallest absolute Gasteiger partial charge is 0.354 e. The van der Waals surface area contributed by atoms with Crippen LogP contribution in [0, 0.1) is 0 Å². The maximum Gasteiger partial charge on any atom is 0.354 e. The molecule has 0 amide bonds. The minimum absolute atomic E-state index is 0.0823. The van der Waals surface area contributed by atoms with E-state index < -0.39 is 16.0 Å². The van der Waals surface area contributed by atoms with E-state index in [-0.39, 0.29) is 23.2 Å². The van der Waals surface area contributed by atoms with Crippen LogP contribution in [0.25, 0.3) is 0 Å². The highest BCUT2D eigenvalue weighted by atomic mass is 32.2. The van der Waals surface area contributed by atoms with Crippen LogP contribution in [0.5, 0.6) is 0 Å². The van der Waals surface area contributed by atoms with Gasteiger partial charge >= 0.3 is 5.97 Å². The number of carbonyl (C=O) groups excluding carboxylic acids is 1. The second-order valence-electron chi connectivity index (χ2n) is 6.01. The first-order valence-electron chi connectivity index (χ1n) is 8.41. The summed E-state index contributed by atoms with van der Waals surface area (Å²) in [6.07, 6.45) is 4.78. The van der Waals surface area contributed by atoms with Gasteiger partial charge < -0.3 is 14.6 Å². The van der Waals surface area contributed by atoms with Crippen molar-refractivity contribution in [2.24, 2.45) is 7.05 Å². The fraction of sp³-hybridized carbons (Fsp3) is 0.412. The molecular formula is C17H22N4O4S. The van der Waals surface area contributed by atoms with Gasteiger partial charge in [-0.15, -0.1) is 0 Å². The van der Waals surface area contributed by atoms with Crippen LogP contribution in [-0.4, -0.2) is 54.5 Å². The molecule has 1 N–H and O–H groups in total. The third kappa shape index (κ3) is 3.50. The van der Waals surface area contributed by atoms with E-state index in [0.29, 0.717) is 19.6 Å².